The molecule has 2 rings (SSSR count). The van der Waals surface area contributed by atoms with Gasteiger partial charge in [0.05, 0.1) is 19.8 Å². The fraction of sp³-hybridized carbons (Fsp3) is 0.462. The molecule has 98 valence electrons. The molecule has 1 unspecified atom stereocenters. The third kappa shape index (κ3) is 2.73. The first kappa shape index (κ1) is 12.7. The summed E-state index contributed by atoms with van der Waals surface area (Å²) in [7, 11) is 2.93. The number of ether oxygens (including phenoxy) is 3. The Bertz CT molecular complexity index is 427. The fourth-order valence-electron chi connectivity index (χ4n) is 1.92. The number of hydrogen-bond acceptors (Lipinski definition) is 5. The third-order valence-corrected chi connectivity index (χ3v) is 2.89. The summed E-state index contributed by atoms with van der Waals surface area (Å²) in [5.74, 6) is 0.815. The Balaban J connectivity index is 2.21. The van der Waals surface area contributed by atoms with Gasteiger partial charge in [-0.25, -0.2) is 4.79 Å². The van der Waals surface area contributed by atoms with Gasteiger partial charge in [0.15, 0.2) is 11.5 Å². The molecule has 1 aliphatic rings. The van der Waals surface area contributed by atoms with Crippen LogP contribution in [0.3, 0.4) is 0 Å². The van der Waals surface area contributed by atoms with Gasteiger partial charge in [0.1, 0.15) is 6.10 Å². The molecule has 0 saturated carbocycles. The van der Waals surface area contributed by atoms with Crippen molar-refractivity contribution in [1.29, 1.82) is 0 Å². The molecular formula is C13H17NO4. The Kier molecular flexibility index (Phi) is 4.04. The van der Waals surface area contributed by atoms with Crippen molar-refractivity contribution in [1.82, 2.24) is 5.32 Å². The van der Waals surface area contributed by atoms with Crippen LogP contribution in [0, 0.1) is 0 Å². The SMILES string of the molecule is COC(=O)c1ccc(OC)c(OC2CCNC2)c1. The van der Waals surface area contributed by atoms with E-state index in [1.807, 2.05) is 0 Å². The molecular weight excluding hydrogens is 234 g/mol. The molecule has 1 aromatic rings. The van der Waals surface area contributed by atoms with Crippen molar-refractivity contribution in [2.75, 3.05) is 27.3 Å². The van der Waals surface area contributed by atoms with Crippen LogP contribution in [0.15, 0.2) is 18.2 Å². The second kappa shape index (κ2) is 5.73. The van der Waals surface area contributed by atoms with Crippen molar-refractivity contribution in [3.05, 3.63) is 23.8 Å². The van der Waals surface area contributed by atoms with Crippen LogP contribution >= 0.6 is 0 Å². The minimum Gasteiger partial charge on any atom is -0.493 e. The molecule has 0 amide bonds. The van der Waals surface area contributed by atoms with E-state index >= 15 is 0 Å². The smallest absolute Gasteiger partial charge is 0.337 e. The molecule has 1 atom stereocenters. The molecule has 5 nitrogen and oxygen atoms in total. The average molecular weight is 251 g/mol. The first-order valence-electron chi connectivity index (χ1n) is 5.88. The minimum absolute atomic E-state index is 0.117. The zero-order valence-corrected chi connectivity index (χ0v) is 10.6. The first-order chi connectivity index (χ1) is 8.74. The first-order valence-corrected chi connectivity index (χ1v) is 5.88. The van der Waals surface area contributed by atoms with Crippen LogP contribution in [-0.4, -0.2) is 39.4 Å². The van der Waals surface area contributed by atoms with Gasteiger partial charge in [0.2, 0.25) is 0 Å². The molecule has 1 aliphatic heterocycles. The van der Waals surface area contributed by atoms with Gasteiger partial charge in [-0.05, 0) is 31.2 Å². The second-order valence-electron chi connectivity index (χ2n) is 4.09. The third-order valence-electron chi connectivity index (χ3n) is 2.89. The maximum absolute atomic E-state index is 11.5. The maximum atomic E-state index is 11.5. The highest BCUT2D eigenvalue weighted by atomic mass is 16.5. The molecule has 0 aromatic heterocycles. The minimum atomic E-state index is -0.382. The number of rotatable bonds is 4. The molecule has 0 bridgehead atoms. The van der Waals surface area contributed by atoms with Crippen molar-refractivity contribution in [2.24, 2.45) is 0 Å². The molecule has 0 radical (unpaired) electrons. The van der Waals surface area contributed by atoms with E-state index in [0.29, 0.717) is 17.1 Å². The molecule has 1 saturated heterocycles. The van der Waals surface area contributed by atoms with Crippen molar-refractivity contribution >= 4 is 5.97 Å². The summed E-state index contributed by atoms with van der Waals surface area (Å²) < 4.78 is 15.8. The van der Waals surface area contributed by atoms with Crippen LogP contribution in [0.25, 0.3) is 0 Å². The van der Waals surface area contributed by atoms with E-state index in [1.54, 1.807) is 25.3 Å². The van der Waals surface area contributed by atoms with Crippen LogP contribution in [0.1, 0.15) is 16.8 Å². The number of nitrogens with one attached hydrogen (secondary N) is 1. The Hall–Kier alpha value is -1.75. The Morgan fingerprint density at radius 3 is 2.78 bits per heavy atom. The molecule has 1 N–H and O–H groups in total. The average Bonchev–Trinajstić information content (AvgIpc) is 2.90. The highest BCUT2D eigenvalue weighted by Gasteiger charge is 2.19. The summed E-state index contributed by atoms with van der Waals surface area (Å²) in [5.41, 5.74) is 0.458. The summed E-state index contributed by atoms with van der Waals surface area (Å²) in [5, 5.41) is 3.22. The lowest BCUT2D eigenvalue weighted by atomic mass is 10.2. The quantitative estimate of drug-likeness (QED) is 0.815. The number of esters is 1. The van der Waals surface area contributed by atoms with E-state index in [2.05, 4.69) is 10.1 Å². The normalized spacial score (nSPS) is 18.4. The van der Waals surface area contributed by atoms with Gasteiger partial charge in [-0.15, -0.1) is 0 Å². The molecule has 1 heterocycles. The van der Waals surface area contributed by atoms with Crippen molar-refractivity contribution < 1.29 is 19.0 Å². The maximum Gasteiger partial charge on any atom is 0.337 e. The van der Waals surface area contributed by atoms with Gasteiger partial charge >= 0.3 is 5.97 Å². The van der Waals surface area contributed by atoms with Gasteiger partial charge in [0, 0.05) is 6.54 Å². The van der Waals surface area contributed by atoms with Gasteiger partial charge in [-0.2, -0.15) is 0 Å². The zero-order chi connectivity index (χ0) is 13.0. The second-order valence-corrected chi connectivity index (χ2v) is 4.09. The van der Waals surface area contributed by atoms with Crippen molar-refractivity contribution in [3.8, 4) is 11.5 Å². The van der Waals surface area contributed by atoms with Crippen LogP contribution in [0.5, 0.6) is 11.5 Å². The topological polar surface area (TPSA) is 56.8 Å². The van der Waals surface area contributed by atoms with Gasteiger partial charge in [0.25, 0.3) is 0 Å². The monoisotopic (exact) mass is 251 g/mol. The lowest BCUT2D eigenvalue weighted by molar-refractivity contribution is 0.0600. The summed E-state index contributed by atoms with van der Waals surface area (Å²) in [6.45, 7) is 1.76. The Morgan fingerprint density at radius 2 is 2.17 bits per heavy atom. The number of methoxy groups -OCH3 is 2. The molecule has 18 heavy (non-hydrogen) atoms. The number of carbonyl (C=O) groups is 1. The highest BCUT2D eigenvalue weighted by molar-refractivity contribution is 5.90. The van der Waals surface area contributed by atoms with Gasteiger partial charge in [-0.3, -0.25) is 0 Å². The number of carbonyl (C=O) groups excluding carboxylic acids is 1. The van der Waals surface area contributed by atoms with E-state index in [0.717, 1.165) is 19.5 Å². The molecule has 0 aliphatic carbocycles. The fourth-order valence-corrected chi connectivity index (χ4v) is 1.92. The number of benzene rings is 1. The highest BCUT2D eigenvalue weighted by Crippen LogP contribution is 2.30. The largest absolute Gasteiger partial charge is 0.493 e. The Labute approximate surface area is 106 Å². The molecule has 1 aromatic carbocycles. The summed E-state index contributed by atoms with van der Waals surface area (Å²) in [6, 6.07) is 5.03. The van der Waals surface area contributed by atoms with E-state index in [1.165, 1.54) is 7.11 Å². The number of hydrogen-bond donors (Lipinski definition) is 1. The van der Waals surface area contributed by atoms with Crippen LogP contribution in [0.4, 0.5) is 0 Å². The van der Waals surface area contributed by atoms with Crippen molar-refractivity contribution in [2.45, 2.75) is 12.5 Å². The summed E-state index contributed by atoms with van der Waals surface area (Å²) in [6.07, 6.45) is 1.07. The predicted octanol–water partition coefficient (Wildman–Crippen LogP) is 1.22. The van der Waals surface area contributed by atoms with Crippen LogP contribution in [-0.2, 0) is 4.74 Å². The van der Waals surface area contributed by atoms with E-state index < -0.39 is 0 Å². The standard InChI is InChI=1S/C13H17NO4/c1-16-11-4-3-9(13(15)17-2)7-12(11)18-10-5-6-14-8-10/h3-4,7,10,14H,5-6,8H2,1-2H3. The lowest BCUT2D eigenvalue weighted by Gasteiger charge is -2.16. The van der Waals surface area contributed by atoms with Crippen LogP contribution in [0.2, 0.25) is 0 Å². The molecule has 0 spiro atoms. The van der Waals surface area contributed by atoms with Gasteiger partial charge in [-0.1, -0.05) is 0 Å². The van der Waals surface area contributed by atoms with Crippen molar-refractivity contribution in [3.63, 3.8) is 0 Å². The van der Waals surface area contributed by atoms with Crippen LogP contribution < -0.4 is 14.8 Å². The van der Waals surface area contributed by atoms with Gasteiger partial charge < -0.3 is 19.5 Å². The predicted molar refractivity (Wildman–Crippen MR) is 66.2 cm³/mol. The summed E-state index contributed by atoms with van der Waals surface area (Å²) in [4.78, 5) is 11.5. The van der Waals surface area contributed by atoms with E-state index in [-0.39, 0.29) is 12.1 Å². The molecule has 1 fully saturated rings. The summed E-state index contributed by atoms with van der Waals surface area (Å²) >= 11 is 0. The lowest BCUT2D eigenvalue weighted by Crippen LogP contribution is -2.20. The van der Waals surface area contributed by atoms with E-state index in [4.69, 9.17) is 9.47 Å². The Morgan fingerprint density at radius 1 is 1.33 bits per heavy atom. The zero-order valence-electron chi connectivity index (χ0n) is 10.6. The molecule has 5 heteroatoms. The van der Waals surface area contributed by atoms with E-state index in [9.17, 15) is 4.79 Å².